The Morgan fingerprint density at radius 2 is 1.07 bits per heavy atom. The summed E-state index contributed by atoms with van der Waals surface area (Å²) in [6.07, 6.45) is 24.2. The molecule has 0 aliphatic carbocycles. The minimum atomic E-state index is -0.430. The van der Waals surface area contributed by atoms with E-state index in [-0.39, 0.29) is 11.3 Å². The molecule has 0 amide bonds. The molecule has 1 aromatic carbocycles. The van der Waals surface area contributed by atoms with Gasteiger partial charge in [-0.15, -0.1) is 0 Å². The highest BCUT2D eigenvalue weighted by atomic mass is 16.5. The van der Waals surface area contributed by atoms with Crippen LogP contribution in [0.1, 0.15) is 133 Å². The van der Waals surface area contributed by atoms with Gasteiger partial charge >= 0.3 is 5.97 Å². The van der Waals surface area contributed by atoms with Crippen molar-refractivity contribution in [2.45, 2.75) is 122 Å². The lowest BCUT2D eigenvalue weighted by Gasteiger charge is -2.06. The molecule has 1 aromatic rings. The number of ether oxygens (including phenoxy) is 1. The number of phenolic OH excluding ortho intramolecular Hbond substituents is 1. The van der Waals surface area contributed by atoms with E-state index in [4.69, 9.17) is 4.74 Å². The van der Waals surface area contributed by atoms with Crippen LogP contribution in [-0.4, -0.2) is 17.7 Å². The Morgan fingerprint density at radius 1 is 0.667 bits per heavy atom. The first kappa shape index (κ1) is 26.5. The Labute approximate surface area is 185 Å². The molecule has 30 heavy (non-hydrogen) atoms. The van der Waals surface area contributed by atoms with E-state index in [2.05, 4.69) is 6.92 Å². The topological polar surface area (TPSA) is 46.5 Å². The molecule has 1 N–H and O–H groups in total. The number of para-hydroxylation sites is 1. The number of unbranched alkanes of at least 4 members (excludes halogenated alkanes) is 17. The van der Waals surface area contributed by atoms with Gasteiger partial charge in [-0.25, -0.2) is 4.79 Å². The van der Waals surface area contributed by atoms with Crippen molar-refractivity contribution in [1.82, 2.24) is 0 Å². The molecule has 0 aliphatic heterocycles. The molecule has 0 atom stereocenters. The number of aromatic hydroxyl groups is 1. The van der Waals surface area contributed by atoms with Crippen molar-refractivity contribution in [2.24, 2.45) is 0 Å². The van der Waals surface area contributed by atoms with Gasteiger partial charge in [-0.2, -0.15) is 0 Å². The first-order chi connectivity index (χ1) is 14.8. The van der Waals surface area contributed by atoms with Crippen molar-refractivity contribution in [3.8, 4) is 5.75 Å². The molecule has 0 fully saturated rings. The fraction of sp³-hybridized carbons (Fsp3) is 0.741. The number of rotatable bonds is 20. The number of hydrogen-bond acceptors (Lipinski definition) is 3. The van der Waals surface area contributed by atoms with Gasteiger partial charge in [-0.05, 0) is 18.6 Å². The number of phenols is 1. The average Bonchev–Trinajstić information content (AvgIpc) is 2.75. The minimum Gasteiger partial charge on any atom is -0.507 e. The highest BCUT2D eigenvalue weighted by Gasteiger charge is 2.10. The van der Waals surface area contributed by atoms with Crippen molar-refractivity contribution < 1.29 is 14.6 Å². The van der Waals surface area contributed by atoms with Crippen LogP contribution in [-0.2, 0) is 4.74 Å². The van der Waals surface area contributed by atoms with Gasteiger partial charge in [0.05, 0.1) is 6.61 Å². The molecule has 0 aromatic heterocycles. The predicted octanol–water partition coefficient (Wildman–Crippen LogP) is 8.59. The van der Waals surface area contributed by atoms with Gasteiger partial charge in [0.25, 0.3) is 0 Å². The van der Waals surface area contributed by atoms with Crippen LogP contribution < -0.4 is 0 Å². The number of carbonyl (C=O) groups excluding carboxylic acids is 1. The standard InChI is InChI=1S/C27H46O3/c1-2-3-4-5-6-7-8-9-10-11-12-13-14-15-16-17-18-21-24-30-27(29)25-22-19-20-23-26(25)28/h19-20,22-23,28H,2-18,21,24H2,1H3. The Balaban J connectivity index is 1.77. The molecule has 0 saturated carbocycles. The van der Waals surface area contributed by atoms with Gasteiger partial charge in [0, 0.05) is 0 Å². The maximum atomic E-state index is 11.9. The maximum Gasteiger partial charge on any atom is 0.341 e. The van der Waals surface area contributed by atoms with Crippen molar-refractivity contribution in [2.75, 3.05) is 6.61 Å². The molecule has 0 saturated heterocycles. The lowest BCUT2D eigenvalue weighted by atomic mass is 10.0. The van der Waals surface area contributed by atoms with Crippen molar-refractivity contribution >= 4 is 5.97 Å². The zero-order chi connectivity index (χ0) is 21.7. The largest absolute Gasteiger partial charge is 0.507 e. The Bertz CT molecular complexity index is 527. The third kappa shape index (κ3) is 14.5. The molecule has 0 unspecified atom stereocenters. The van der Waals surface area contributed by atoms with Crippen LogP contribution in [0.15, 0.2) is 24.3 Å². The predicted molar refractivity (Wildman–Crippen MR) is 127 cm³/mol. The highest BCUT2D eigenvalue weighted by molar-refractivity contribution is 5.92. The molecule has 0 spiro atoms. The first-order valence-electron chi connectivity index (χ1n) is 12.7. The molecule has 3 nitrogen and oxygen atoms in total. The third-order valence-corrected chi connectivity index (χ3v) is 5.86. The van der Waals surface area contributed by atoms with E-state index < -0.39 is 5.97 Å². The SMILES string of the molecule is CCCCCCCCCCCCCCCCCCCCOC(=O)c1ccccc1O. The van der Waals surface area contributed by atoms with E-state index in [0.29, 0.717) is 6.61 Å². The van der Waals surface area contributed by atoms with E-state index in [1.807, 2.05) is 0 Å². The Hall–Kier alpha value is -1.51. The van der Waals surface area contributed by atoms with E-state index in [1.54, 1.807) is 18.2 Å². The monoisotopic (exact) mass is 418 g/mol. The quantitative estimate of drug-likeness (QED) is 0.170. The van der Waals surface area contributed by atoms with Crippen LogP contribution in [0.2, 0.25) is 0 Å². The summed E-state index contributed by atoms with van der Waals surface area (Å²) < 4.78 is 5.24. The van der Waals surface area contributed by atoms with Crippen molar-refractivity contribution in [3.05, 3.63) is 29.8 Å². The number of carbonyl (C=O) groups is 1. The van der Waals surface area contributed by atoms with Crippen LogP contribution in [0, 0.1) is 0 Å². The molecule has 172 valence electrons. The van der Waals surface area contributed by atoms with Gasteiger partial charge in [0.1, 0.15) is 11.3 Å². The van der Waals surface area contributed by atoms with Gasteiger partial charge in [-0.1, -0.05) is 128 Å². The van der Waals surface area contributed by atoms with Gasteiger partial charge in [-0.3, -0.25) is 0 Å². The normalized spacial score (nSPS) is 11.0. The molecular formula is C27H46O3. The smallest absolute Gasteiger partial charge is 0.341 e. The lowest BCUT2D eigenvalue weighted by molar-refractivity contribution is 0.0494. The van der Waals surface area contributed by atoms with Gasteiger partial charge in [0.2, 0.25) is 0 Å². The van der Waals surface area contributed by atoms with Crippen molar-refractivity contribution in [1.29, 1.82) is 0 Å². The summed E-state index contributed by atoms with van der Waals surface area (Å²) in [6, 6.07) is 6.52. The van der Waals surface area contributed by atoms with Crippen LogP contribution in [0.3, 0.4) is 0 Å². The molecule has 1 rings (SSSR count). The van der Waals surface area contributed by atoms with Crippen molar-refractivity contribution in [3.63, 3.8) is 0 Å². The third-order valence-electron chi connectivity index (χ3n) is 5.86. The second-order valence-electron chi connectivity index (χ2n) is 8.66. The van der Waals surface area contributed by atoms with E-state index in [1.165, 1.54) is 109 Å². The summed E-state index contributed by atoms with van der Waals surface area (Å²) in [7, 11) is 0. The molecule has 0 aliphatic rings. The summed E-state index contributed by atoms with van der Waals surface area (Å²) in [5.74, 6) is -0.444. The molecule has 0 heterocycles. The zero-order valence-corrected chi connectivity index (χ0v) is 19.5. The maximum absolute atomic E-state index is 11.9. The Kier molecular flexibility index (Phi) is 17.2. The van der Waals surface area contributed by atoms with Gasteiger partial charge < -0.3 is 9.84 Å². The minimum absolute atomic E-state index is 0.0136. The van der Waals surface area contributed by atoms with Gasteiger partial charge in [0.15, 0.2) is 0 Å². The summed E-state index contributed by atoms with van der Waals surface area (Å²) >= 11 is 0. The molecule has 0 bridgehead atoms. The average molecular weight is 419 g/mol. The van der Waals surface area contributed by atoms with Crippen LogP contribution in [0.5, 0.6) is 5.75 Å². The Morgan fingerprint density at radius 3 is 1.50 bits per heavy atom. The second kappa shape index (κ2) is 19.5. The molecule has 3 heteroatoms. The zero-order valence-electron chi connectivity index (χ0n) is 19.5. The first-order valence-corrected chi connectivity index (χ1v) is 12.7. The van der Waals surface area contributed by atoms with E-state index in [0.717, 1.165) is 12.8 Å². The summed E-state index contributed by atoms with van der Waals surface area (Å²) in [5.41, 5.74) is 0.250. The summed E-state index contributed by atoms with van der Waals surface area (Å²) in [5, 5.41) is 9.64. The van der Waals surface area contributed by atoms with E-state index in [9.17, 15) is 9.90 Å². The second-order valence-corrected chi connectivity index (χ2v) is 8.66. The van der Waals surface area contributed by atoms with E-state index >= 15 is 0 Å². The van der Waals surface area contributed by atoms with Crippen LogP contribution in [0.25, 0.3) is 0 Å². The number of esters is 1. The fourth-order valence-electron chi connectivity index (χ4n) is 3.89. The number of hydrogen-bond donors (Lipinski definition) is 1. The molecule has 0 radical (unpaired) electrons. The summed E-state index contributed by atoms with van der Waals surface area (Å²) in [6.45, 7) is 2.72. The van der Waals surface area contributed by atoms with Crippen LogP contribution >= 0.6 is 0 Å². The highest BCUT2D eigenvalue weighted by Crippen LogP contribution is 2.17. The summed E-state index contributed by atoms with van der Waals surface area (Å²) in [4.78, 5) is 11.9. The lowest BCUT2D eigenvalue weighted by Crippen LogP contribution is -2.06. The number of benzene rings is 1. The fourth-order valence-corrected chi connectivity index (χ4v) is 3.89. The molecular weight excluding hydrogens is 372 g/mol. The van der Waals surface area contributed by atoms with Crippen LogP contribution in [0.4, 0.5) is 0 Å².